The van der Waals surface area contributed by atoms with E-state index in [4.69, 9.17) is 18.5 Å². The molecule has 564 valence electrons. The lowest BCUT2D eigenvalue weighted by Crippen LogP contribution is -2.37. The van der Waals surface area contributed by atoms with Crippen molar-refractivity contribution in [2.24, 2.45) is 0 Å². The number of carbonyl (C=O) groups is 2. The van der Waals surface area contributed by atoms with Crippen LogP contribution >= 0.6 is 7.82 Å². The second kappa shape index (κ2) is 76.9. The summed E-state index contributed by atoms with van der Waals surface area (Å²) in [6, 6.07) is 0. The van der Waals surface area contributed by atoms with Crippen LogP contribution in [0.3, 0.4) is 0 Å². The highest BCUT2D eigenvalue weighted by Gasteiger charge is 2.27. The first kappa shape index (κ1) is 93.7. The number of quaternary nitrogens is 1. The van der Waals surface area contributed by atoms with Gasteiger partial charge in [-0.25, -0.2) is 4.57 Å². The lowest BCUT2D eigenvalue weighted by Gasteiger charge is -2.24. The zero-order valence-electron chi connectivity index (χ0n) is 64.6. The van der Waals surface area contributed by atoms with Crippen LogP contribution in [0.5, 0.6) is 0 Å². The summed E-state index contributed by atoms with van der Waals surface area (Å²) in [7, 11) is 1.50. The van der Waals surface area contributed by atoms with Gasteiger partial charge in [0.1, 0.15) is 19.8 Å². The van der Waals surface area contributed by atoms with Gasteiger partial charge in [-0.3, -0.25) is 18.6 Å². The number of unbranched alkanes of at least 4 members (excludes halogenated alkanes) is 55. The molecule has 0 rings (SSSR count). The van der Waals surface area contributed by atoms with Gasteiger partial charge < -0.3 is 18.9 Å². The van der Waals surface area contributed by atoms with Crippen LogP contribution in [-0.4, -0.2) is 74.9 Å². The monoisotopic (exact) mass is 1370 g/mol. The Morgan fingerprint density at radius 2 is 0.594 bits per heavy atom. The molecule has 0 spiro atoms. The number of likely N-dealkylation sites (N-methyl/N-ethyl adjacent to an activating group) is 1. The SMILES string of the molecule is CC/C=C\C/C=C\C/C=C\C/C=C\CCCCCCCCCCCCCCCCCCCCC(=O)OC(COC(=O)CCCCCCCCCCCCCCCCCCCCCCCCCCCCCCC/C=C\CCCCCCCCCC)COP(=O)(O)OCC[N+](C)(C)C. The fourth-order valence-corrected chi connectivity index (χ4v) is 13.4. The van der Waals surface area contributed by atoms with Crippen LogP contribution in [-0.2, 0) is 32.7 Å². The summed E-state index contributed by atoms with van der Waals surface area (Å²) < 4.78 is 34.9. The minimum Gasteiger partial charge on any atom is -0.462 e. The van der Waals surface area contributed by atoms with Crippen LogP contribution < -0.4 is 0 Å². The Kier molecular flexibility index (Phi) is 75.0. The van der Waals surface area contributed by atoms with Crippen molar-refractivity contribution >= 4 is 19.8 Å². The topological polar surface area (TPSA) is 108 Å². The van der Waals surface area contributed by atoms with Crippen LogP contribution in [0.15, 0.2) is 60.8 Å². The lowest BCUT2D eigenvalue weighted by molar-refractivity contribution is -0.870. The van der Waals surface area contributed by atoms with Crippen molar-refractivity contribution in [3.05, 3.63) is 60.8 Å². The van der Waals surface area contributed by atoms with E-state index in [2.05, 4.69) is 74.6 Å². The van der Waals surface area contributed by atoms with Crippen molar-refractivity contribution in [1.82, 2.24) is 0 Å². The van der Waals surface area contributed by atoms with Gasteiger partial charge in [-0.1, -0.05) is 396 Å². The van der Waals surface area contributed by atoms with Gasteiger partial charge in [-0.15, -0.1) is 0 Å². The van der Waals surface area contributed by atoms with Crippen LogP contribution in [0.2, 0.25) is 0 Å². The molecule has 0 aliphatic carbocycles. The van der Waals surface area contributed by atoms with E-state index in [0.29, 0.717) is 23.9 Å². The molecule has 0 aromatic rings. The molecule has 2 unspecified atom stereocenters. The molecule has 0 saturated carbocycles. The van der Waals surface area contributed by atoms with Gasteiger partial charge >= 0.3 is 19.8 Å². The van der Waals surface area contributed by atoms with Crippen LogP contribution in [0, 0.1) is 0 Å². The van der Waals surface area contributed by atoms with Crippen molar-refractivity contribution in [3.8, 4) is 0 Å². The molecule has 0 aliphatic heterocycles. The number of nitrogens with zero attached hydrogens (tertiary/aromatic N) is 1. The number of allylic oxidation sites excluding steroid dienone is 10. The highest BCUT2D eigenvalue weighted by atomic mass is 31.2. The molecule has 0 heterocycles. The van der Waals surface area contributed by atoms with Gasteiger partial charge in [0, 0.05) is 12.8 Å². The van der Waals surface area contributed by atoms with Crippen molar-refractivity contribution in [3.63, 3.8) is 0 Å². The molecule has 0 saturated heterocycles. The number of esters is 2. The van der Waals surface area contributed by atoms with E-state index in [1.807, 2.05) is 21.1 Å². The predicted molar refractivity (Wildman–Crippen MR) is 418 cm³/mol. The first-order valence-corrected chi connectivity index (χ1v) is 43.5. The third-order valence-electron chi connectivity index (χ3n) is 19.0. The molecule has 0 bridgehead atoms. The molecule has 0 aromatic carbocycles. The Hall–Kier alpha value is -2.29. The Labute approximate surface area is 597 Å². The third kappa shape index (κ3) is 80.7. The van der Waals surface area contributed by atoms with Gasteiger partial charge in [0.2, 0.25) is 0 Å². The molecule has 0 aromatic heterocycles. The summed E-state index contributed by atoms with van der Waals surface area (Å²) in [5, 5.41) is 0. The molecule has 0 aliphatic rings. The quantitative estimate of drug-likeness (QED) is 0.0211. The van der Waals surface area contributed by atoms with E-state index in [1.165, 1.54) is 334 Å². The van der Waals surface area contributed by atoms with Gasteiger partial charge in [0.05, 0.1) is 27.7 Å². The number of hydrogen-bond acceptors (Lipinski definition) is 7. The number of rotatable bonds is 79. The van der Waals surface area contributed by atoms with Gasteiger partial charge in [0.15, 0.2) is 6.10 Å². The second-order valence-electron chi connectivity index (χ2n) is 29.8. The van der Waals surface area contributed by atoms with E-state index >= 15 is 0 Å². The maximum Gasteiger partial charge on any atom is 0.472 e. The summed E-state index contributed by atoms with van der Waals surface area (Å²) in [6.07, 6.45) is 104. The van der Waals surface area contributed by atoms with Crippen molar-refractivity contribution in [1.29, 1.82) is 0 Å². The highest BCUT2D eigenvalue weighted by Crippen LogP contribution is 2.43. The standard InChI is InChI=1S/C86H162NO8P/c1-6-8-10-12-14-16-18-20-22-24-26-28-30-32-34-36-38-39-40-41-42-43-44-45-46-47-49-50-52-54-56-58-60-62-64-66-68-70-72-74-76-78-85(88)92-82-84(83-94-96(90,91)93-81-80-87(3,4)5)95-86(89)79-77-75-73-71-69-67-65-63-61-59-57-55-53-51-48-37-35-33-31-29-27-25-23-21-19-17-15-13-11-9-7-2/h9,11,15,17,21,23-24,26-27,29,84H,6-8,10,12-14,16,18-20,22,25,28,30-83H2,1-5H3/p+1/b11-9-,17-15-,23-21-,26-24-,29-27-. The minimum absolute atomic E-state index is 0.0338. The summed E-state index contributed by atoms with van der Waals surface area (Å²) >= 11 is 0. The average molecular weight is 1370 g/mol. The maximum absolute atomic E-state index is 12.9. The second-order valence-corrected chi connectivity index (χ2v) is 31.3. The molecule has 2 atom stereocenters. The number of hydrogen-bond donors (Lipinski definition) is 1. The van der Waals surface area contributed by atoms with Crippen LogP contribution in [0.4, 0.5) is 0 Å². The Morgan fingerprint density at radius 3 is 0.896 bits per heavy atom. The van der Waals surface area contributed by atoms with E-state index in [1.54, 1.807) is 0 Å². The fraction of sp³-hybridized carbons (Fsp3) is 0.860. The molecule has 9 nitrogen and oxygen atoms in total. The highest BCUT2D eigenvalue weighted by molar-refractivity contribution is 7.47. The molecule has 0 radical (unpaired) electrons. The normalized spacial score (nSPS) is 13.3. The van der Waals surface area contributed by atoms with E-state index in [9.17, 15) is 19.0 Å². The van der Waals surface area contributed by atoms with E-state index in [0.717, 1.165) is 57.8 Å². The summed E-state index contributed by atoms with van der Waals surface area (Å²) in [5.41, 5.74) is 0. The summed E-state index contributed by atoms with van der Waals surface area (Å²) in [5.74, 6) is -0.774. The Balaban J connectivity index is 3.86. The third-order valence-corrected chi connectivity index (χ3v) is 20.0. The van der Waals surface area contributed by atoms with Gasteiger partial charge in [-0.05, 0) is 77.0 Å². The number of ether oxygens (including phenoxy) is 2. The first-order valence-electron chi connectivity index (χ1n) is 42.0. The molecular formula is C86H163NO8P+. The number of phosphoric ester groups is 1. The number of carbonyl (C=O) groups excluding carboxylic acids is 2. The largest absolute Gasteiger partial charge is 0.472 e. The van der Waals surface area contributed by atoms with Gasteiger partial charge in [0.25, 0.3) is 0 Å². The van der Waals surface area contributed by atoms with E-state index < -0.39 is 26.5 Å². The molecule has 0 fully saturated rings. The molecule has 1 N–H and O–H groups in total. The van der Waals surface area contributed by atoms with Crippen molar-refractivity contribution in [2.45, 2.75) is 431 Å². The van der Waals surface area contributed by atoms with E-state index in [-0.39, 0.29) is 25.6 Å². The first-order chi connectivity index (χ1) is 47.0. The molecule has 0 amide bonds. The van der Waals surface area contributed by atoms with Crippen molar-refractivity contribution < 1.29 is 42.1 Å². The molecule has 10 heteroatoms. The predicted octanol–water partition coefficient (Wildman–Crippen LogP) is 28.1. The molecular weight excluding hydrogens is 1210 g/mol. The number of phosphoric acid groups is 1. The van der Waals surface area contributed by atoms with Crippen molar-refractivity contribution in [2.75, 3.05) is 47.5 Å². The van der Waals surface area contributed by atoms with Crippen LogP contribution in [0.25, 0.3) is 0 Å². The zero-order chi connectivity index (χ0) is 69.7. The summed E-state index contributed by atoms with van der Waals surface area (Å²) in [4.78, 5) is 36.0. The summed E-state index contributed by atoms with van der Waals surface area (Å²) in [6.45, 7) is 4.39. The maximum atomic E-state index is 12.9. The Morgan fingerprint density at radius 1 is 0.333 bits per heavy atom. The van der Waals surface area contributed by atoms with Crippen LogP contribution in [0.1, 0.15) is 425 Å². The van der Waals surface area contributed by atoms with Gasteiger partial charge in [-0.2, -0.15) is 0 Å². The Bertz CT molecular complexity index is 1800. The average Bonchev–Trinajstić information content (AvgIpc) is 1.97. The lowest BCUT2D eigenvalue weighted by atomic mass is 10.0. The minimum atomic E-state index is -4.39. The molecule has 96 heavy (non-hydrogen) atoms. The zero-order valence-corrected chi connectivity index (χ0v) is 65.5. The smallest absolute Gasteiger partial charge is 0.462 e. The fourth-order valence-electron chi connectivity index (χ4n) is 12.7.